The predicted octanol–water partition coefficient (Wildman–Crippen LogP) is 4.37. The van der Waals surface area contributed by atoms with Crippen molar-refractivity contribution in [1.29, 1.82) is 0 Å². The molecule has 19 heteroatoms. The van der Waals surface area contributed by atoms with Crippen molar-refractivity contribution in [2.75, 3.05) is 26.4 Å². The third-order valence-electron chi connectivity index (χ3n) is 14.7. The van der Waals surface area contributed by atoms with Gasteiger partial charge in [-0.2, -0.15) is 0 Å². The molecule has 440 valence electrons. The smallest absolute Gasteiger partial charge is 0.220 e. The Hall–Kier alpha value is -1.73. The van der Waals surface area contributed by atoms with Crippen molar-refractivity contribution in [3.05, 3.63) is 24.3 Å². The summed E-state index contributed by atoms with van der Waals surface area (Å²) in [5, 5.41) is 120. The number of rotatable bonds is 42. The van der Waals surface area contributed by atoms with Gasteiger partial charge in [0.05, 0.1) is 38.6 Å². The minimum absolute atomic E-state index is 0.234. The highest BCUT2D eigenvalue weighted by Crippen LogP contribution is 2.33. The molecule has 3 aliphatic heterocycles. The van der Waals surface area contributed by atoms with E-state index in [0.717, 1.165) is 64.2 Å². The molecule has 0 aromatic heterocycles. The molecule has 0 radical (unpaired) electrons. The van der Waals surface area contributed by atoms with Gasteiger partial charge in [0.25, 0.3) is 0 Å². The molecule has 17 unspecified atom stereocenters. The highest BCUT2D eigenvalue weighted by Gasteiger charge is 2.53. The molecule has 75 heavy (non-hydrogen) atoms. The van der Waals surface area contributed by atoms with E-state index in [4.69, 9.17) is 28.4 Å². The van der Waals surface area contributed by atoms with Crippen LogP contribution in [0.1, 0.15) is 194 Å². The number of carbonyl (C=O) groups excluding carboxylic acids is 1. The first-order valence-electron chi connectivity index (χ1n) is 29.1. The Kier molecular flexibility index (Phi) is 36.4. The minimum Gasteiger partial charge on any atom is -0.394 e. The summed E-state index contributed by atoms with van der Waals surface area (Å²) in [6.45, 7) is 1.68. The first kappa shape index (κ1) is 67.5. The summed E-state index contributed by atoms with van der Waals surface area (Å²) in [6.07, 6.45) is 13.1. The summed E-state index contributed by atoms with van der Waals surface area (Å²) >= 11 is 0. The fourth-order valence-corrected chi connectivity index (χ4v) is 9.89. The van der Waals surface area contributed by atoms with E-state index in [2.05, 4.69) is 31.3 Å². The maximum atomic E-state index is 13.3. The molecular formula is C56H103NO18. The van der Waals surface area contributed by atoms with Gasteiger partial charge in [-0.25, -0.2) is 0 Å². The zero-order valence-corrected chi connectivity index (χ0v) is 45.5. The lowest BCUT2D eigenvalue weighted by Gasteiger charge is -2.48. The zero-order chi connectivity index (χ0) is 54.8. The Morgan fingerprint density at radius 1 is 0.467 bits per heavy atom. The number of hydrogen-bond donors (Lipinski definition) is 12. The van der Waals surface area contributed by atoms with Crippen LogP contribution in [0.4, 0.5) is 0 Å². The fraction of sp³-hybridized carbons (Fsp3) is 0.911. The average molecular weight is 1080 g/mol. The standard InChI is InChI=1S/C56H103NO18/c1-3-5-7-9-11-13-15-17-18-19-20-21-22-23-25-27-29-31-33-40(61)39(57-44(62)34-32-30-28-26-24-16-14-12-10-8-6-4-2)38-70-54-50(68)47(65)52(42(36-59)72-54)75-56-51(69)48(66)53(43(37-60)73-56)74-55-49(67)46(64)45(63)41(35-58)71-55/h12,14,31,33,39-43,45-56,58-61,63-69H,3-11,13,15-30,32,34-38H2,1-2H3,(H,57,62)/b14-12-,33-31+. The van der Waals surface area contributed by atoms with Gasteiger partial charge in [0.2, 0.25) is 5.91 Å². The van der Waals surface area contributed by atoms with E-state index in [1.165, 1.54) is 103 Å². The number of ether oxygens (including phenoxy) is 6. The molecule has 3 rings (SSSR count). The summed E-state index contributed by atoms with van der Waals surface area (Å²) in [4.78, 5) is 13.3. The number of aliphatic hydroxyl groups excluding tert-OH is 11. The molecule has 0 spiro atoms. The van der Waals surface area contributed by atoms with Crippen LogP contribution in [-0.4, -0.2) is 193 Å². The van der Waals surface area contributed by atoms with E-state index in [-0.39, 0.29) is 18.9 Å². The van der Waals surface area contributed by atoms with E-state index < -0.39 is 124 Å². The Balaban J connectivity index is 1.52. The van der Waals surface area contributed by atoms with Crippen molar-refractivity contribution in [3.8, 4) is 0 Å². The van der Waals surface area contributed by atoms with Crippen LogP contribution in [0.2, 0.25) is 0 Å². The van der Waals surface area contributed by atoms with E-state index >= 15 is 0 Å². The number of nitrogens with one attached hydrogen (secondary N) is 1. The van der Waals surface area contributed by atoms with Crippen LogP contribution in [0.15, 0.2) is 24.3 Å². The summed E-state index contributed by atoms with van der Waals surface area (Å²) in [6, 6.07) is -0.973. The maximum Gasteiger partial charge on any atom is 0.220 e. The van der Waals surface area contributed by atoms with Crippen LogP contribution in [0.3, 0.4) is 0 Å². The van der Waals surface area contributed by atoms with Gasteiger partial charge in [0, 0.05) is 6.42 Å². The van der Waals surface area contributed by atoms with Gasteiger partial charge >= 0.3 is 0 Å². The molecule has 0 bridgehead atoms. The summed E-state index contributed by atoms with van der Waals surface area (Å²) in [5.74, 6) is -0.286. The third kappa shape index (κ3) is 25.1. The Labute approximate surface area is 448 Å². The molecule has 12 N–H and O–H groups in total. The van der Waals surface area contributed by atoms with E-state index in [0.29, 0.717) is 6.42 Å². The van der Waals surface area contributed by atoms with Crippen molar-refractivity contribution < 1.29 is 89.4 Å². The minimum atomic E-state index is -1.98. The molecule has 1 amide bonds. The molecule has 0 aromatic rings. The molecule has 0 aromatic carbocycles. The largest absolute Gasteiger partial charge is 0.394 e. The second-order valence-corrected chi connectivity index (χ2v) is 21.1. The summed E-state index contributed by atoms with van der Waals surface area (Å²) in [7, 11) is 0. The monoisotopic (exact) mass is 1080 g/mol. The molecule has 3 heterocycles. The van der Waals surface area contributed by atoms with Crippen LogP contribution in [0.5, 0.6) is 0 Å². The van der Waals surface area contributed by atoms with E-state index in [1.54, 1.807) is 6.08 Å². The second kappa shape index (κ2) is 40.4. The quantitative estimate of drug-likeness (QED) is 0.0298. The molecule has 3 saturated heterocycles. The zero-order valence-electron chi connectivity index (χ0n) is 45.5. The Morgan fingerprint density at radius 3 is 1.32 bits per heavy atom. The number of carbonyl (C=O) groups is 1. The van der Waals surface area contributed by atoms with Gasteiger partial charge in [0.15, 0.2) is 18.9 Å². The average Bonchev–Trinajstić information content (AvgIpc) is 3.41. The van der Waals surface area contributed by atoms with Gasteiger partial charge in [-0.3, -0.25) is 4.79 Å². The Bertz CT molecular complexity index is 1480. The van der Waals surface area contributed by atoms with Crippen molar-refractivity contribution in [1.82, 2.24) is 5.32 Å². The van der Waals surface area contributed by atoms with Gasteiger partial charge in [-0.05, 0) is 44.9 Å². The van der Waals surface area contributed by atoms with Gasteiger partial charge in [-0.15, -0.1) is 0 Å². The maximum absolute atomic E-state index is 13.3. The van der Waals surface area contributed by atoms with Gasteiger partial charge in [0.1, 0.15) is 73.2 Å². The van der Waals surface area contributed by atoms with Crippen molar-refractivity contribution in [3.63, 3.8) is 0 Å². The van der Waals surface area contributed by atoms with Crippen LogP contribution in [-0.2, 0) is 33.2 Å². The number of hydrogen-bond acceptors (Lipinski definition) is 18. The summed E-state index contributed by atoms with van der Waals surface area (Å²) < 4.78 is 34.2. The van der Waals surface area contributed by atoms with Crippen LogP contribution in [0, 0.1) is 0 Å². The highest BCUT2D eigenvalue weighted by atomic mass is 16.8. The Morgan fingerprint density at radius 2 is 0.840 bits per heavy atom. The van der Waals surface area contributed by atoms with E-state index in [9.17, 15) is 61.0 Å². The number of amides is 1. The normalized spacial score (nSPS) is 31.3. The first-order chi connectivity index (χ1) is 36.3. The predicted molar refractivity (Wildman–Crippen MR) is 282 cm³/mol. The molecule has 0 aliphatic carbocycles. The van der Waals surface area contributed by atoms with Crippen molar-refractivity contribution in [2.45, 2.75) is 298 Å². The molecule has 0 saturated carbocycles. The van der Waals surface area contributed by atoms with Gasteiger partial charge in [-0.1, -0.05) is 167 Å². The molecule has 3 aliphatic rings. The van der Waals surface area contributed by atoms with Crippen molar-refractivity contribution in [2.24, 2.45) is 0 Å². The molecule has 19 nitrogen and oxygen atoms in total. The first-order valence-corrected chi connectivity index (χ1v) is 29.1. The fourth-order valence-electron chi connectivity index (χ4n) is 9.89. The number of unbranched alkanes of at least 4 members (excludes halogenated alkanes) is 24. The highest BCUT2D eigenvalue weighted by molar-refractivity contribution is 5.76. The topological polar surface area (TPSA) is 307 Å². The lowest BCUT2D eigenvalue weighted by atomic mass is 9.96. The van der Waals surface area contributed by atoms with Crippen LogP contribution in [0.25, 0.3) is 0 Å². The number of aliphatic hydroxyl groups is 11. The lowest BCUT2D eigenvalue weighted by Crippen LogP contribution is -2.66. The van der Waals surface area contributed by atoms with Gasteiger partial charge < -0.3 is 89.9 Å². The van der Waals surface area contributed by atoms with E-state index in [1.807, 2.05) is 6.08 Å². The second-order valence-electron chi connectivity index (χ2n) is 21.1. The molecule has 17 atom stereocenters. The van der Waals surface area contributed by atoms with Crippen LogP contribution < -0.4 is 5.32 Å². The summed E-state index contributed by atoms with van der Waals surface area (Å²) in [5.41, 5.74) is 0. The number of allylic oxidation sites excluding steroid dienone is 3. The van der Waals surface area contributed by atoms with Crippen molar-refractivity contribution >= 4 is 5.91 Å². The van der Waals surface area contributed by atoms with Crippen LogP contribution >= 0.6 is 0 Å². The molecular weight excluding hydrogens is 975 g/mol. The molecule has 3 fully saturated rings. The lowest BCUT2D eigenvalue weighted by molar-refractivity contribution is -0.379. The third-order valence-corrected chi connectivity index (χ3v) is 14.7. The SMILES string of the molecule is CCCCC/C=C\CCCCCCCC(=O)NC(COC1OC(CO)C(OC2OC(CO)C(OC3OC(CO)C(O)C(O)C3O)C(O)C2O)C(O)C1O)C(O)/C=C/CCCCCCCCCCCCCCCCCC.